The van der Waals surface area contributed by atoms with Crippen molar-refractivity contribution in [3.63, 3.8) is 0 Å². The first kappa shape index (κ1) is 14.9. The van der Waals surface area contributed by atoms with Gasteiger partial charge in [-0.25, -0.2) is 4.39 Å². The molecule has 2 rings (SSSR count). The van der Waals surface area contributed by atoms with Gasteiger partial charge >= 0.3 is 0 Å². The maximum Gasteiger partial charge on any atom is 0.128 e. The number of aliphatic hydroxyl groups is 1. The van der Waals surface area contributed by atoms with E-state index in [1.165, 1.54) is 18.9 Å². The van der Waals surface area contributed by atoms with Crippen LogP contribution >= 0.6 is 15.9 Å². The van der Waals surface area contributed by atoms with Crippen LogP contribution in [0.25, 0.3) is 0 Å². The Labute approximate surface area is 122 Å². The number of benzene rings is 1. The van der Waals surface area contributed by atoms with E-state index >= 15 is 0 Å². The number of hydrogen-bond donors (Lipinski definition) is 2. The van der Waals surface area contributed by atoms with Gasteiger partial charge in [-0.05, 0) is 43.9 Å². The van der Waals surface area contributed by atoms with Gasteiger partial charge in [-0.15, -0.1) is 0 Å². The van der Waals surface area contributed by atoms with Gasteiger partial charge in [0.15, 0.2) is 0 Å². The summed E-state index contributed by atoms with van der Waals surface area (Å²) in [5, 5.41) is 12.9. The first-order valence-corrected chi connectivity index (χ1v) is 7.73. The molecule has 3 unspecified atom stereocenters. The predicted octanol–water partition coefficient (Wildman–Crippen LogP) is 3.79. The van der Waals surface area contributed by atoms with Crippen molar-refractivity contribution in [2.24, 2.45) is 5.92 Å². The molecule has 2 nitrogen and oxygen atoms in total. The molecular formula is C15H21BrFNO. The first-order chi connectivity index (χ1) is 9.11. The quantitative estimate of drug-likeness (QED) is 0.880. The molecule has 0 radical (unpaired) electrons. The van der Waals surface area contributed by atoms with Crippen LogP contribution in [0, 0.1) is 11.7 Å². The van der Waals surface area contributed by atoms with Crippen LogP contribution in [0.5, 0.6) is 0 Å². The van der Waals surface area contributed by atoms with E-state index in [0.29, 0.717) is 11.5 Å². The second-order valence-corrected chi connectivity index (χ2v) is 6.30. The number of nitrogens with one attached hydrogen (secondary N) is 1. The zero-order chi connectivity index (χ0) is 13.8. The number of rotatable bonds is 4. The van der Waals surface area contributed by atoms with Crippen LogP contribution in [0.1, 0.15) is 44.2 Å². The fourth-order valence-corrected chi connectivity index (χ4v) is 3.28. The molecular weight excluding hydrogens is 309 g/mol. The van der Waals surface area contributed by atoms with Gasteiger partial charge in [0, 0.05) is 28.7 Å². The number of aliphatic hydroxyl groups excluding tert-OH is 1. The normalized spacial score (nSPS) is 25.3. The Morgan fingerprint density at radius 3 is 2.89 bits per heavy atom. The third-order valence-electron chi connectivity index (χ3n) is 4.03. The van der Waals surface area contributed by atoms with Gasteiger partial charge in [0.1, 0.15) is 5.82 Å². The average molecular weight is 330 g/mol. The maximum atomic E-state index is 13.8. The van der Waals surface area contributed by atoms with Crippen LogP contribution in [-0.4, -0.2) is 17.8 Å². The van der Waals surface area contributed by atoms with Gasteiger partial charge < -0.3 is 10.4 Å². The lowest BCUT2D eigenvalue weighted by Crippen LogP contribution is -2.41. The molecule has 0 spiro atoms. The molecule has 0 heterocycles. The first-order valence-electron chi connectivity index (χ1n) is 6.93. The molecule has 4 heteroatoms. The van der Waals surface area contributed by atoms with Gasteiger partial charge in [-0.2, -0.15) is 0 Å². The van der Waals surface area contributed by atoms with E-state index in [0.717, 1.165) is 17.3 Å². The summed E-state index contributed by atoms with van der Waals surface area (Å²) in [5.41, 5.74) is 0.677. The second kappa shape index (κ2) is 6.82. The lowest BCUT2D eigenvalue weighted by Gasteiger charge is -2.33. The molecule has 0 aromatic heterocycles. The molecule has 0 aliphatic heterocycles. The van der Waals surface area contributed by atoms with Crippen molar-refractivity contribution in [1.29, 1.82) is 0 Å². The largest absolute Gasteiger partial charge is 0.396 e. The molecule has 0 amide bonds. The molecule has 0 saturated heterocycles. The van der Waals surface area contributed by atoms with Crippen LogP contribution in [0.15, 0.2) is 22.7 Å². The minimum Gasteiger partial charge on any atom is -0.396 e. The van der Waals surface area contributed by atoms with Crippen molar-refractivity contribution in [2.45, 2.75) is 44.7 Å². The molecule has 19 heavy (non-hydrogen) atoms. The minimum atomic E-state index is -0.181. The second-order valence-electron chi connectivity index (χ2n) is 5.39. The Hall–Kier alpha value is -0.450. The molecule has 1 aromatic rings. The average Bonchev–Trinajstić information content (AvgIpc) is 2.42. The van der Waals surface area contributed by atoms with E-state index in [1.54, 1.807) is 6.07 Å². The summed E-state index contributed by atoms with van der Waals surface area (Å²) in [7, 11) is 0. The summed E-state index contributed by atoms with van der Waals surface area (Å²) in [6.45, 7) is 2.19. The van der Waals surface area contributed by atoms with E-state index in [-0.39, 0.29) is 24.5 Å². The molecule has 1 aliphatic rings. The summed E-state index contributed by atoms with van der Waals surface area (Å²) in [5.74, 6) is 0.117. The van der Waals surface area contributed by atoms with Crippen LogP contribution in [0.2, 0.25) is 0 Å². The fourth-order valence-electron chi connectivity index (χ4n) is 2.90. The Morgan fingerprint density at radius 2 is 2.16 bits per heavy atom. The predicted molar refractivity (Wildman–Crippen MR) is 78.5 cm³/mol. The van der Waals surface area contributed by atoms with E-state index in [9.17, 15) is 9.50 Å². The van der Waals surface area contributed by atoms with Crippen LogP contribution in [0.4, 0.5) is 4.39 Å². The minimum absolute atomic E-state index is 0.0466. The summed E-state index contributed by atoms with van der Waals surface area (Å²) < 4.78 is 14.7. The van der Waals surface area contributed by atoms with Crippen molar-refractivity contribution in [3.8, 4) is 0 Å². The fraction of sp³-hybridized carbons (Fsp3) is 0.600. The molecule has 1 aliphatic carbocycles. The van der Waals surface area contributed by atoms with Crippen molar-refractivity contribution in [2.75, 3.05) is 6.61 Å². The third kappa shape index (κ3) is 3.77. The van der Waals surface area contributed by atoms with E-state index in [1.807, 2.05) is 13.0 Å². The molecule has 1 saturated carbocycles. The van der Waals surface area contributed by atoms with Crippen molar-refractivity contribution in [3.05, 3.63) is 34.1 Å². The summed E-state index contributed by atoms with van der Waals surface area (Å²) in [4.78, 5) is 0. The molecule has 3 atom stereocenters. The Morgan fingerprint density at radius 1 is 1.42 bits per heavy atom. The molecule has 1 aromatic carbocycles. The van der Waals surface area contributed by atoms with Crippen LogP contribution < -0.4 is 5.32 Å². The summed E-state index contributed by atoms with van der Waals surface area (Å²) >= 11 is 3.38. The lowest BCUT2D eigenvalue weighted by atomic mass is 9.84. The van der Waals surface area contributed by atoms with E-state index in [4.69, 9.17) is 0 Å². The standard InChI is InChI=1S/C15H21BrFNO/c1-10(13-8-12(16)6-7-14(13)17)18-15-5-3-2-4-11(15)9-19/h6-8,10-11,15,18-19H,2-5,9H2,1H3. The van der Waals surface area contributed by atoms with Gasteiger partial charge in [0.05, 0.1) is 0 Å². The maximum absolute atomic E-state index is 13.8. The Bertz CT molecular complexity index is 427. The van der Waals surface area contributed by atoms with Gasteiger partial charge in [-0.1, -0.05) is 28.8 Å². The molecule has 0 bridgehead atoms. The SMILES string of the molecule is CC(NC1CCCCC1CO)c1cc(Br)ccc1F. The van der Waals surface area contributed by atoms with Crippen molar-refractivity contribution < 1.29 is 9.50 Å². The Kier molecular flexibility index (Phi) is 5.37. The van der Waals surface area contributed by atoms with Gasteiger partial charge in [0.25, 0.3) is 0 Å². The number of hydrogen-bond acceptors (Lipinski definition) is 2. The highest BCUT2D eigenvalue weighted by atomic mass is 79.9. The number of halogens is 2. The monoisotopic (exact) mass is 329 g/mol. The summed E-state index contributed by atoms with van der Waals surface area (Å²) in [6.07, 6.45) is 4.48. The molecule has 1 fully saturated rings. The third-order valence-corrected chi connectivity index (χ3v) is 4.53. The highest BCUT2D eigenvalue weighted by Crippen LogP contribution is 2.28. The van der Waals surface area contributed by atoms with Crippen molar-refractivity contribution in [1.82, 2.24) is 5.32 Å². The zero-order valence-electron chi connectivity index (χ0n) is 11.2. The van der Waals surface area contributed by atoms with Crippen LogP contribution in [0.3, 0.4) is 0 Å². The van der Waals surface area contributed by atoms with E-state index in [2.05, 4.69) is 21.2 Å². The molecule has 106 valence electrons. The lowest BCUT2D eigenvalue weighted by molar-refractivity contribution is 0.147. The zero-order valence-corrected chi connectivity index (χ0v) is 12.8. The highest BCUT2D eigenvalue weighted by Gasteiger charge is 2.26. The highest BCUT2D eigenvalue weighted by molar-refractivity contribution is 9.10. The van der Waals surface area contributed by atoms with Crippen molar-refractivity contribution >= 4 is 15.9 Å². The van der Waals surface area contributed by atoms with Gasteiger partial charge in [-0.3, -0.25) is 0 Å². The molecule has 2 N–H and O–H groups in total. The topological polar surface area (TPSA) is 32.3 Å². The van der Waals surface area contributed by atoms with Gasteiger partial charge in [0.2, 0.25) is 0 Å². The smallest absolute Gasteiger partial charge is 0.128 e. The summed E-state index contributed by atoms with van der Waals surface area (Å²) in [6, 6.07) is 5.26. The van der Waals surface area contributed by atoms with E-state index < -0.39 is 0 Å². The Balaban J connectivity index is 2.07. The van der Waals surface area contributed by atoms with Crippen LogP contribution in [-0.2, 0) is 0 Å².